The van der Waals surface area contributed by atoms with Gasteiger partial charge in [-0.25, -0.2) is 0 Å². The Morgan fingerprint density at radius 2 is 1.50 bits per heavy atom. The van der Waals surface area contributed by atoms with E-state index in [0.717, 1.165) is 43.6 Å². The molecule has 0 unspecified atom stereocenters. The molecule has 1 aliphatic rings. The summed E-state index contributed by atoms with van der Waals surface area (Å²) in [5.41, 5.74) is 1.47. The molecule has 2 aromatic rings. The summed E-state index contributed by atoms with van der Waals surface area (Å²) in [5.74, 6) is 0.756. The number of aromatic hydroxyl groups is 1. The maximum absolute atomic E-state index is 12.6. The lowest BCUT2D eigenvalue weighted by Crippen LogP contribution is -2.34. The lowest BCUT2D eigenvalue weighted by molar-refractivity contribution is -0.137. The molecule has 1 saturated heterocycles. The average molecular weight is 335 g/mol. The molecule has 2 nitrogen and oxygen atoms in total. The zero-order valence-electron chi connectivity index (χ0n) is 13.3. The van der Waals surface area contributed by atoms with Crippen LogP contribution >= 0.6 is 0 Å². The van der Waals surface area contributed by atoms with Crippen LogP contribution in [0.2, 0.25) is 0 Å². The highest BCUT2D eigenvalue weighted by Crippen LogP contribution is 2.30. The van der Waals surface area contributed by atoms with Crippen molar-refractivity contribution in [2.24, 2.45) is 5.92 Å². The third-order valence-electron chi connectivity index (χ3n) is 4.64. The van der Waals surface area contributed by atoms with E-state index in [4.69, 9.17) is 0 Å². The third kappa shape index (κ3) is 4.02. The first-order valence-electron chi connectivity index (χ1n) is 8.12. The molecular formula is C19H20F3NO. The molecule has 2 aromatic carbocycles. The fourth-order valence-corrected chi connectivity index (χ4v) is 3.22. The quantitative estimate of drug-likeness (QED) is 0.865. The van der Waals surface area contributed by atoms with Crippen molar-refractivity contribution in [1.82, 2.24) is 0 Å². The molecule has 0 bridgehead atoms. The Balaban J connectivity index is 1.54. The molecule has 5 heteroatoms. The summed E-state index contributed by atoms with van der Waals surface area (Å²) in [6.07, 6.45) is -1.42. The van der Waals surface area contributed by atoms with E-state index in [1.54, 1.807) is 24.3 Å². The second kappa shape index (κ2) is 6.75. The summed E-state index contributed by atoms with van der Waals surface area (Å²) < 4.78 is 37.8. The summed E-state index contributed by atoms with van der Waals surface area (Å²) in [6, 6.07) is 12.7. The van der Waals surface area contributed by atoms with E-state index in [2.05, 4.69) is 4.90 Å². The number of phenols is 1. The van der Waals surface area contributed by atoms with Crippen molar-refractivity contribution in [2.45, 2.75) is 25.4 Å². The number of anilines is 1. The Kier molecular flexibility index (Phi) is 4.69. The monoisotopic (exact) mass is 335 g/mol. The Bertz CT molecular complexity index is 657. The van der Waals surface area contributed by atoms with Crippen LogP contribution in [0.1, 0.15) is 24.0 Å². The van der Waals surface area contributed by atoms with Crippen LogP contribution in [0.25, 0.3) is 0 Å². The van der Waals surface area contributed by atoms with Crippen molar-refractivity contribution in [3.63, 3.8) is 0 Å². The summed E-state index contributed by atoms with van der Waals surface area (Å²) in [6.45, 7) is 1.85. The number of halogens is 3. The van der Waals surface area contributed by atoms with Crippen molar-refractivity contribution < 1.29 is 18.3 Å². The van der Waals surface area contributed by atoms with Gasteiger partial charge in [0.25, 0.3) is 0 Å². The number of piperidine rings is 1. The van der Waals surface area contributed by atoms with Gasteiger partial charge in [-0.3, -0.25) is 0 Å². The van der Waals surface area contributed by atoms with Gasteiger partial charge in [-0.2, -0.15) is 13.2 Å². The third-order valence-corrected chi connectivity index (χ3v) is 4.64. The average Bonchev–Trinajstić information content (AvgIpc) is 2.56. The van der Waals surface area contributed by atoms with E-state index in [1.807, 2.05) is 12.1 Å². The largest absolute Gasteiger partial charge is 0.508 e. The van der Waals surface area contributed by atoms with Gasteiger partial charge in [0.05, 0.1) is 5.56 Å². The topological polar surface area (TPSA) is 23.5 Å². The summed E-state index contributed by atoms with van der Waals surface area (Å²) in [7, 11) is 0. The molecule has 0 spiro atoms. The maximum Gasteiger partial charge on any atom is 0.416 e. The summed E-state index contributed by atoms with van der Waals surface area (Å²) in [5, 5.41) is 9.34. The van der Waals surface area contributed by atoms with Gasteiger partial charge in [-0.15, -0.1) is 0 Å². The predicted molar refractivity (Wildman–Crippen MR) is 88.2 cm³/mol. The Morgan fingerprint density at radius 1 is 0.917 bits per heavy atom. The maximum atomic E-state index is 12.6. The van der Waals surface area contributed by atoms with Gasteiger partial charge >= 0.3 is 6.18 Å². The van der Waals surface area contributed by atoms with Crippen molar-refractivity contribution in [2.75, 3.05) is 18.0 Å². The number of alkyl halides is 3. The van der Waals surface area contributed by atoms with Crippen molar-refractivity contribution >= 4 is 5.69 Å². The predicted octanol–water partition coefficient (Wildman–Crippen LogP) is 4.87. The number of nitrogens with zero attached hydrogens (tertiary/aromatic N) is 1. The van der Waals surface area contributed by atoms with Crippen LogP contribution in [0.5, 0.6) is 5.75 Å². The molecule has 3 rings (SSSR count). The molecule has 1 aliphatic heterocycles. The van der Waals surface area contributed by atoms with E-state index in [1.165, 1.54) is 12.1 Å². The highest BCUT2D eigenvalue weighted by atomic mass is 19.4. The van der Waals surface area contributed by atoms with Gasteiger partial charge in [-0.1, -0.05) is 12.1 Å². The molecule has 0 amide bonds. The smallest absolute Gasteiger partial charge is 0.416 e. The lowest BCUT2D eigenvalue weighted by atomic mass is 9.89. The zero-order chi connectivity index (χ0) is 17.2. The van der Waals surface area contributed by atoms with Crippen LogP contribution < -0.4 is 4.90 Å². The zero-order valence-corrected chi connectivity index (χ0v) is 13.3. The van der Waals surface area contributed by atoms with Crippen LogP contribution in [-0.4, -0.2) is 18.2 Å². The first-order chi connectivity index (χ1) is 11.4. The minimum Gasteiger partial charge on any atom is -0.508 e. The van der Waals surface area contributed by atoms with Gasteiger partial charge in [0, 0.05) is 18.8 Å². The molecular weight excluding hydrogens is 315 g/mol. The highest BCUT2D eigenvalue weighted by Gasteiger charge is 2.30. The second-order valence-electron chi connectivity index (χ2n) is 6.35. The SMILES string of the molecule is Oc1ccc(N2CCC(Cc3ccc(C(F)(F)F)cc3)CC2)cc1. The molecule has 1 fully saturated rings. The normalized spacial score (nSPS) is 16.4. The number of rotatable bonds is 3. The fourth-order valence-electron chi connectivity index (χ4n) is 3.22. The number of hydrogen-bond donors (Lipinski definition) is 1. The van der Waals surface area contributed by atoms with E-state index >= 15 is 0 Å². The number of hydrogen-bond acceptors (Lipinski definition) is 2. The van der Waals surface area contributed by atoms with Crippen LogP contribution in [-0.2, 0) is 12.6 Å². The number of benzene rings is 2. The van der Waals surface area contributed by atoms with Gasteiger partial charge in [-0.05, 0) is 67.1 Å². The van der Waals surface area contributed by atoms with E-state index in [9.17, 15) is 18.3 Å². The van der Waals surface area contributed by atoms with Gasteiger partial charge in [0.1, 0.15) is 5.75 Å². The molecule has 0 radical (unpaired) electrons. The summed E-state index contributed by atoms with van der Waals surface area (Å²) in [4.78, 5) is 2.28. The Morgan fingerprint density at radius 3 is 2.04 bits per heavy atom. The van der Waals surface area contributed by atoms with Crippen LogP contribution in [0, 0.1) is 5.92 Å². The van der Waals surface area contributed by atoms with Crippen LogP contribution in [0.4, 0.5) is 18.9 Å². The van der Waals surface area contributed by atoms with Gasteiger partial charge in [0.2, 0.25) is 0 Å². The minimum atomic E-state index is -4.27. The van der Waals surface area contributed by atoms with Gasteiger partial charge in [0.15, 0.2) is 0 Å². The van der Waals surface area contributed by atoms with Crippen molar-refractivity contribution in [3.05, 3.63) is 59.7 Å². The first-order valence-corrected chi connectivity index (χ1v) is 8.12. The fraction of sp³-hybridized carbons (Fsp3) is 0.368. The standard InChI is InChI=1S/C19H20F3NO/c20-19(21,22)16-3-1-14(2-4-16)13-15-9-11-23(12-10-15)17-5-7-18(24)8-6-17/h1-8,15,24H,9-13H2. The van der Waals surface area contributed by atoms with Crippen LogP contribution in [0.15, 0.2) is 48.5 Å². The lowest BCUT2D eigenvalue weighted by Gasteiger charge is -2.33. The molecule has 0 aliphatic carbocycles. The highest BCUT2D eigenvalue weighted by molar-refractivity contribution is 5.49. The Labute approximate surface area is 139 Å². The van der Waals surface area contributed by atoms with E-state index in [-0.39, 0.29) is 5.75 Å². The minimum absolute atomic E-state index is 0.260. The first kappa shape index (κ1) is 16.7. The molecule has 0 aromatic heterocycles. The number of phenolic OH excluding ortho intramolecular Hbond substituents is 1. The van der Waals surface area contributed by atoms with E-state index in [0.29, 0.717) is 5.92 Å². The molecule has 1 N–H and O–H groups in total. The molecule has 0 atom stereocenters. The molecule has 128 valence electrons. The molecule has 24 heavy (non-hydrogen) atoms. The summed E-state index contributed by atoms with van der Waals surface area (Å²) >= 11 is 0. The van der Waals surface area contributed by atoms with Gasteiger partial charge < -0.3 is 10.0 Å². The van der Waals surface area contributed by atoms with Crippen molar-refractivity contribution in [3.8, 4) is 5.75 Å². The Hall–Kier alpha value is -2.17. The van der Waals surface area contributed by atoms with Crippen molar-refractivity contribution in [1.29, 1.82) is 0 Å². The van der Waals surface area contributed by atoms with E-state index < -0.39 is 11.7 Å². The molecule has 1 heterocycles. The molecule has 0 saturated carbocycles. The second-order valence-corrected chi connectivity index (χ2v) is 6.35. The van der Waals surface area contributed by atoms with Crippen LogP contribution in [0.3, 0.4) is 0 Å².